The van der Waals surface area contributed by atoms with Crippen molar-refractivity contribution in [3.63, 3.8) is 0 Å². The molecule has 0 unspecified atom stereocenters. The molecule has 0 aromatic heterocycles. The average molecular weight is 318 g/mol. The number of benzene rings is 1. The van der Waals surface area contributed by atoms with E-state index in [1.807, 2.05) is 0 Å². The van der Waals surface area contributed by atoms with Crippen LogP contribution in [0, 0.1) is 5.82 Å². The summed E-state index contributed by atoms with van der Waals surface area (Å²) >= 11 is 0. The number of sulfonamides is 1. The summed E-state index contributed by atoms with van der Waals surface area (Å²) in [5.41, 5.74) is 0.559. The minimum absolute atomic E-state index is 0.120. The molecule has 0 saturated heterocycles. The molecule has 0 heterocycles. The van der Waals surface area contributed by atoms with Gasteiger partial charge in [0.2, 0.25) is 15.9 Å². The molecule has 0 aliphatic carbocycles. The third-order valence-electron chi connectivity index (χ3n) is 2.99. The summed E-state index contributed by atoms with van der Waals surface area (Å²) in [5, 5.41) is 2.61. The Balaban J connectivity index is 2.71. The monoisotopic (exact) mass is 318 g/mol. The third-order valence-corrected chi connectivity index (χ3v) is 4.25. The smallest absolute Gasteiger partial charge is 0.235 e. The zero-order valence-electron chi connectivity index (χ0n) is 12.4. The van der Waals surface area contributed by atoms with Crippen LogP contribution in [0.2, 0.25) is 0 Å². The van der Waals surface area contributed by atoms with Gasteiger partial charge in [-0.15, -0.1) is 0 Å². The molecule has 21 heavy (non-hydrogen) atoms. The van der Waals surface area contributed by atoms with Gasteiger partial charge in [0.25, 0.3) is 0 Å². The first-order valence-electron chi connectivity index (χ1n) is 6.19. The Morgan fingerprint density at radius 1 is 1.48 bits per heavy atom. The van der Waals surface area contributed by atoms with E-state index in [2.05, 4.69) is 5.32 Å². The van der Waals surface area contributed by atoms with Crippen molar-refractivity contribution in [2.75, 3.05) is 27.0 Å². The topological polar surface area (TPSA) is 75.7 Å². The number of carbonyl (C=O) groups is 1. The number of methoxy groups -OCH3 is 1. The van der Waals surface area contributed by atoms with Gasteiger partial charge in [0.15, 0.2) is 11.6 Å². The number of hydrogen-bond acceptors (Lipinski definition) is 4. The number of hydrogen-bond donors (Lipinski definition) is 1. The molecule has 0 fully saturated rings. The van der Waals surface area contributed by atoms with E-state index < -0.39 is 27.8 Å². The molecule has 0 saturated carbocycles. The lowest BCUT2D eigenvalue weighted by molar-refractivity contribution is -0.121. The number of amides is 1. The summed E-state index contributed by atoms with van der Waals surface area (Å²) in [6, 6.07) is 3.92. The number of likely N-dealkylation sites (N-methyl/N-ethyl adjacent to an activating group) is 1. The van der Waals surface area contributed by atoms with Crippen molar-refractivity contribution < 1.29 is 22.3 Å². The third kappa shape index (κ3) is 4.98. The van der Waals surface area contributed by atoms with E-state index in [-0.39, 0.29) is 12.3 Å². The van der Waals surface area contributed by atoms with Crippen LogP contribution in [0.15, 0.2) is 18.2 Å². The average Bonchev–Trinajstić information content (AvgIpc) is 2.37. The number of ether oxygens (including phenoxy) is 1. The van der Waals surface area contributed by atoms with Crippen LogP contribution in [0.4, 0.5) is 4.39 Å². The van der Waals surface area contributed by atoms with Crippen LogP contribution in [0.1, 0.15) is 18.5 Å². The molecule has 0 spiro atoms. The molecular formula is C13H19FN2O4S. The lowest BCUT2D eigenvalue weighted by Gasteiger charge is -2.18. The zero-order chi connectivity index (χ0) is 16.2. The number of halogens is 1. The van der Waals surface area contributed by atoms with Gasteiger partial charge in [-0.3, -0.25) is 4.79 Å². The van der Waals surface area contributed by atoms with Crippen LogP contribution < -0.4 is 10.1 Å². The Morgan fingerprint density at radius 3 is 2.57 bits per heavy atom. The quantitative estimate of drug-likeness (QED) is 0.846. The Labute approximate surface area is 123 Å². The summed E-state index contributed by atoms with van der Waals surface area (Å²) in [5.74, 6) is -0.870. The maximum atomic E-state index is 13.6. The molecule has 1 atom stereocenters. The van der Waals surface area contributed by atoms with E-state index >= 15 is 0 Å². The number of carbonyl (C=O) groups excluding carboxylic acids is 1. The number of rotatable bonds is 6. The summed E-state index contributed by atoms with van der Waals surface area (Å²) in [4.78, 5) is 11.8. The molecule has 0 aliphatic heterocycles. The first-order chi connectivity index (χ1) is 9.65. The van der Waals surface area contributed by atoms with E-state index in [0.717, 1.165) is 10.6 Å². The van der Waals surface area contributed by atoms with Crippen molar-refractivity contribution in [2.24, 2.45) is 0 Å². The lowest BCUT2D eigenvalue weighted by Crippen LogP contribution is -2.38. The zero-order valence-corrected chi connectivity index (χ0v) is 13.2. The summed E-state index contributed by atoms with van der Waals surface area (Å²) in [7, 11) is -0.741. The van der Waals surface area contributed by atoms with Crippen molar-refractivity contribution in [3.8, 4) is 5.75 Å². The van der Waals surface area contributed by atoms with Crippen LogP contribution in [-0.4, -0.2) is 45.6 Å². The molecule has 1 aromatic carbocycles. The molecule has 118 valence electrons. The summed E-state index contributed by atoms with van der Waals surface area (Å²) in [6.07, 6.45) is 1.02. The van der Waals surface area contributed by atoms with Crippen molar-refractivity contribution in [2.45, 2.75) is 13.0 Å². The second-order valence-corrected chi connectivity index (χ2v) is 6.79. The fourth-order valence-corrected chi connectivity index (χ4v) is 1.99. The first kappa shape index (κ1) is 17.4. The summed E-state index contributed by atoms with van der Waals surface area (Å²) in [6.45, 7) is 1.39. The van der Waals surface area contributed by atoms with Gasteiger partial charge in [0, 0.05) is 7.05 Å². The Hall–Kier alpha value is -1.67. The molecule has 0 radical (unpaired) electrons. The van der Waals surface area contributed by atoms with Gasteiger partial charge in [-0.25, -0.2) is 12.8 Å². The largest absolute Gasteiger partial charge is 0.494 e. The Kier molecular flexibility index (Phi) is 5.68. The van der Waals surface area contributed by atoms with Gasteiger partial charge in [-0.1, -0.05) is 6.07 Å². The van der Waals surface area contributed by atoms with Gasteiger partial charge in [-0.05, 0) is 24.6 Å². The van der Waals surface area contributed by atoms with Crippen LogP contribution in [0.25, 0.3) is 0 Å². The highest BCUT2D eigenvalue weighted by Gasteiger charge is 2.17. The molecular weight excluding hydrogens is 299 g/mol. The minimum atomic E-state index is -3.42. The fraction of sp³-hybridized carbons (Fsp3) is 0.462. The van der Waals surface area contributed by atoms with Gasteiger partial charge in [0.1, 0.15) is 0 Å². The van der Waals surface area contributed by atoms with Crippen molar-refractivity contribution in [1.82, 2.24) is 9.62 Å². The first-order valence-corrected chi connectivity index (χ1v) is 8.04. The summed E-state index contributed by atoms with van der Waals surface area (Å²) < 4.78 is 41.8. The van der Waals surface area contributed by atoms with Crippen LogP contribution in [0.5, 0.6) is 5.75 Å². The minimum Gasteiger partial charge on any atom is -0.494 e. The van der Waals surface area contributed by atoms with E-state index in [0.29, 0.717) is 5.56 Å². The maximum absolute atomic E-state index is 13.6. The highest BCUT2D eigenvalue weighted by molar-refractivity contribution is 7.88. The van der Waals surface area contributed by atoms with Gasteiger partial charge < -0.3 is 10.1 Å². The molecule has 1 aromatic rings. The van der Waals surface area contributed by atoms with Gasteiger partial charge >= 0.3 is 0 Å². The van der Waals surface area contributed by atoms with Crippen LogP contribution >= 0.6 is 0 Å². The predicted molar refractivity (Wildman–Crippen MR) is 77.0 cm³/mol. The van der Waals surface area contributed by atoms with Crippen LogP contribution in [-0.2, 0) is 14.8 Å². The molecule has 1 rings (SSSR count). The highest BCUT2D eigenvalue weighted by atomic mass is 32.2. The molecule has 0 bridgehead atoms. The normalized spacial score (nSPS) is 13.0. The Morgan fingerprint density at radius 2 is 2.10 bits per heavy atom. The molecule has 0 aliphatic rings. The van der Waals surface area contributed by atoms with E-state index in [9.17, 15) is 17.6 Å². The lowest BCUT2D eigenvalue weighted by atomic mass is 10.1. The molecule has 8 heteroatoms. The van der Waals surface area contributed by atoms with E-state index in [4.69, 9.17) is 4.74 Å². The SMILES string of the molecule is COc1ccc([C@@H](C)NC(=O)CN(C)S(C)(=O)=O)cc1F. The number of nitrogens with one attached hydrogen (secondary N) is 1. The van der Waals surface area contributed by atoms with Gasteiger partial charge in [0.05, 0.1) is 26.0 Å². The molecule has 1 amide bonds. The van der Waals surface area contributed by atoms with Crippen molar-refractivity contribution >= 4 is 15.9 Å². The highest BCUT2D eigenvalue weighted by Crippen LogP contribution is 2.21. The second kappa shape index (κ2) is 6.86. The Bertz CT molecular complexity index is 619. The van der Waals surface area contributed by atoms with E-state index in [1.54, 1.807) is 13.0 Å². The fourth-order valence-electron chi connectivity index (χ4n) is 1.64. The predicted octanol–water partition coefficient (Wildman–Crippen LogP) is 0.903. The molecule has 6 nitrogen and oxygen atoms in total. The van der Waals surface area contributed by atoms with Crippen molar-refractivity contribution in [1.29, 1.82) is 0 Å². The van der Waals surface area contributed by atoms with Crippen molar-refractivity contribution in [3.05, 3.63) is 29.6 Å². The molecule has 1 N–H and O–H groups in total. The van der Waals surface area contributed by atoms with Crippen LogP contribution in [0.3, 0.4) is 0 Å². The standard InChI is InChI=1S/C13H19FN2O4S/c1-9(10-5-6-12(20-3)11(14)7-10)15-13(17)8-16(2)21(4,18)19/h5-7,9H,8H2,1-4H3,(H,15,17)/t9-/m1/s1. The maximum Gasteiger partial charge on any atom is 0.235 e. The number of nitrogens with zero attached hydrogens (tertiary/aromatic N) is 1. The van der Waals surface area contributed by atoms with E-state index in [1.165, 1.54) is 26.3 Å². The van der Waals surface area contributed by atoms with Gasteiger partial charge in [-0.2, -0.15) is 4.31 Å². The second-order valence-electron chi connectivity index (χ2n) is 4.70.